The van der Waals surface area contributed by atoms with Gasteiger partial charge in [-0.1, -0.05) is 12.1 Å². The number of carboxylic acid groups (broad SMARTS) is 1. The lowest BCUT2D eigenvalue weighted by Gasteiger charge is -2.07. The van der Waals surface area contributed by atoms with Crippen molar-refractivity contribution in [1.29, 1.82) is 0 Å². The Morgan fingerprint density at radius 3 is 2.25 bits per heavy atom. The Balaban J connectivity index is 2.87. The first kappa shape index (κ1) is 12.5. The number of hydrogen-bond donors (Lipinski definition) is 2. The van der Waals surface area contributed by atoms with Gasteiger partial charge in [-0.15, -0.1) is 0 Å². The second-order valence-corrected chi connectivity index (χ2v) is 4.36. The third kappa shape index (κ3) is 3.52. The second-order valence-electron chi connectivity index (χ2n) is 3.21. The van der Waals surface area contributed by atoms with Gasteiger partial charge in [0.2, 0.25) is 0 Å². The Hall–Kier alpha value is -1.60. The van der Waals surface area contributed by atoms with Crippen LogP contribution in [0.1, 0.15) is 18.4 Å². The molecule has 3 N–H and O–H groups in total. The predicted molar refractivity (Wildman–Crippen MR) is 56.2 cm³/mol. The highest BCUT2D eigenvalue weighted by Crippen LogP contribution is 2.19. The molecule has 0 aromatic heterocycles. The van der Waals surface area contributed by atoms with Crippen LogP contribution < -0.4 is 9.32 Å². The van der Waals surface area contributed by atoms with Gasteiger partial charge in [0.25, 0.3) is 0 Å². The van der Waals surface area contributed by atoms with Crippen molar-refractivity contribution in [2.75, 3.05) is 0 Å². The van der Waals surface area contributed by atoms with Crippen LogP contribution in [-0.2, 0) is 15.1 Å². The standard InChI is InChI=1S/C9H11NO5S/c1-6(9(11)12)7-2-4-8(5-3-7)15-16(10,13)14/h2-6H,1H3,(H,11,12)(H2,10,13,14)/t6-/m1/s1. The minimum absolute atomic E-state index is 0.0452. The van der Waals surface area contributed by atoms with Gasteiger partial charge in [0.05, 0.1) is 5.92 Å². The molecule has 0 aliphatic carbocycles. The second kappa shape index (κ2) is 4.50. The number of carbonyl (C=O) groups is 1. The van der Waals surface area contributed by atoms with Gasteiger partial charge in [0.15, 0.2) is 0 Å². The molecule has 0 spiro atoms. The van der Waals surface area contributed by atoms with Crippen LogP contribution in [0.2, 0.25) is 0 Å². The molecule has 0 heterocycles. The molecule has 0 saturated heterocycles. The zero-order chi connectivity index (χ0) is 12.3. The summed E-state index contributed by atoms with van der Waals surface area (Å²) in [7, 11) is -4.04. The summed E-state index contributed by atoms with van der Waals surface area (Å²) < 4.78 is 25.6. The average molecular weight is 245 g/mol. The van der Waals surface area contributed by atoms with Crippen LogP contribution in [0, 0.1) is 0 Å². The highest BCUT2D eigenvalue weighted by molar-refractivity contribution is 7.84. The van der Waals surface area contributed by atoms with E-state index in [4.69, 9.17) is 5.11 Å². The quantitative estimate of drug-likeness (QED) is 0.801. The molecule has 1 aromatic carbocycles. The molecule has 1 aromatic rings. The first-order valence-electron chi connectivity index (χ1n) is 4.34. The Kier molecular flexibility index (Phi) is 3.51. The monoisotopic (exact) mass is 245 g/mol. The van der Waals surface area contributed by atoms with Crippen molar-refractivity contribution < 1.29 is 22.5 Å². The molecule has 0 amide bonds. The largest absolute Gasteiger partial charge is 0.481 e. The number of carboxylic acids is 1. The maximum Gasteiger partial charge on any atom is 0.380 e. The van der Waals surface area contributed by atoms with E-state index in [9.17, 15) is 13.2 Å². The van der Waals surface area contributed by atoms with Crippen LogP contribution in [0.5, 0.6) is 5.75 Å². The molecular weight excluding hydrogens is 234 g/mol. The fourth-order valence-corrected chi connectivity index (χ4v) is 1.47. The van der Waals surface area contributed by atoms with Gasteiger partial charge in [-0.2, -0.15) is 13.6 Å². The summed E-state index contributed by atoms with van der Waals surface area (Å²) in [4.78, 5) is 10.7. The lowest BCUT2D eigenvalue weighted by molar-refractivity contribution is -0.138. The van der Waals surface area contributed by atoms with Crippen molar-refractivity contribution >= 4 is 16.3 Å². The molecule has 16 heavy (non-hydrogen) atoms. The van der Waals surface area contributed by atoms with Gasteiger partial charge in [-0.05, 0) is 24.6 Å². The normalized spacial score (nSPS) is 13.1. The number of benzene rings is 1. The van der Waals surface area contributed by atoms with E-state index in [0.29, 0.717) is 5.56 Å². The number of nitrogens with two attached hydrogens (primary N) is 1. The highest BCUT2D eigenvalue weighted by atomic mass is 32.2. The van der Waals surface area contributed by atoms with Gasteiger partial charge < -0.3 is 9.29 Å². The first-order chi connectivity index (χ1) is 7.29. The van der Waals surface area contributed by atoms with Crippen LogP contribution in [0.15, 0.2) is 24.3 Å². The summed E-state index contributed by atoms with van der Waals surface area (Å²) in [5, 5.41) is 13.4. The van der Waals surface area contributed by atoms with Crippen molar-refractivity contribution in [1.82, 2.24) is 0 Å². The molecule has 1 atom stereocenters. The fourth-order valence-electron chi connectivity index (χ4n) is 1.09. The van der Waals surface area contributed by atoms with E-state index in [1.54, 1.807) is 0 Å². The smallest absolute Gasteiger partial charge is 0.380 e. The predicted octanol–water partition coefficient (Wildman–Crippen LogP) is 0.457. The van der Waals surface area contributed by atoms with E-state index in [1.165, 1.54) is 31.2 Å². The van der Waals surface area contributed by atoms with Gasteiger partial charge in [0, 0.05) is 0 Å². The lowest BCUT2D eigenvalue weighted by Crippen LogP contribution is -2.19. The molecule has 0 bridgehead atoms. The van der Waals surface area contributed by atoms with Gasteiger partial charge in [-0.25, -0.2) is 0 Å². The van der Waals surface area contributed by atoms with Gasteiger partial charge >= 0.3 is 16.3 Å². The lowest BCUT2D eigenvalue weighted by atomic mass is 10.0. The minimum Gasteiger partial charge on any atom is -0.481 e. The molecular formula is C9H11NO5S. The summed E-state index contributed by atoms with van der Waals surface area (Å²) >= 11 is 0. The van der Waals surface area contributed by atoms with Crippen molar-refractivity contribution in [3.05, 3.63) is 29.8 Å². The molecule has 0 aliphatic heterocycles. The maximum atomic E-state index is 10.7. The number of rotatable bonds is 4. The Labute approximate surface area is 92.9 Å². The van der Waals surface area contributed by atoms with E-state index >= 15 is 0 Å². The van der Waals surface area contributed by atoms with Gasteiger partial charge in [-0.3, -0.25) is 4.79 Å². The Morgan fingerprint density at radius 2 is 1.88 bits per heavy atom. The third-order valence-corrected chi connectivity index (χ3v) is 2.39. The van der Waals surface area contributed by atoms with Crippen molar-refractivity contribution in [2.45, 2.75) is 12.8 Å². The summed E-state index contributed by atoms with van der Waals surface area (Å²) in [6, 6.07) is 5.64. The number of hydrogen-bond acceptors (Lipinski definition) is 4. The highest BCUT2D eigenvalue weighted by Gasteiger charge is 2.13. The Morgan fingerprint density at radius 1 is 1.38 bits per heavy atom. The van der Waals surface area contributed by atoms with Crippen LogP contribution in [0.4, 0.5) is 0 Å². The molecule has 0 unspecified atom stereocenters. The van der Waals surface area contributed by atoms with Crippen LogP contribution in [-0.4, -0.2) is 19.5 Å². The number of aliphatic carboxylic acids is 1. The fraction of sp³-hybridized carbons (Fsp3) is 0.222. The van der Waals surface area contributed by atoms with E-state index in [-0.39, 0.29) is 5.75 Å². The topological polar surface area (TPSA) is 107 Å². The van der Waals surface area contributed by atoms with Crippen LogP contribution in [0.3, 0.4) is 0 Å². The zero-order valence-corrected chi connectivity index (χ0v) is 9.27. The Bertz CT molecular complexity index is 479. The summed E-state index contributed by atoms with van der Waals surface area (Å²) in [6.45, 7) is 1.53. The molecule has 0 fully saturated rings. The SMILES string of the molecule is C[C@@H](C(=O)O)c1ccc(OS(N)(=O)=O)cc1. The summed E-state index contributed by atoms with van der Waals surface area (Å²) in [6.07, 6.45) is 0. The molecule has 1 rings (SSSR count). The van der Waals surface area contributed by atoms with E-state index < -0.39 is 22.2 Å². The molecule has 6 nitrogen and oxygen atoms in total. The molecule has 0 aliphatic rings. The molecule has 0 radical (unpaired) electrons. The zero-order valence-electron chi connectivity index (χ0n) is 8.45. The molecule has 0 saturated carbocycles. The van der Waals surface area contributed by atoms with Crippen molar-refractivity contribution in [3.63, 3.8) is 0 Å². The summed E-state index contributed by atoms with van der Waals surface area (Å²) in [5.74, 6) is -1.58. The van der Waals surface area contributed by atoms with Crippen molar-refractivity contribution in [3.8, 4) is 5.75 Å². The van der Waals surface area contributed by atoms with Crippen LogP contribution in [0.25, 0.3) is 0 Å². The average Bonchev–Trinajstić information content (AvgIpc) is 2.15. The van der Waals surface area contributed by atoms with E-state index in [0.717, 1.165) is 0 Å². The van der Waals surface area contributed by atoms with E-state index in [1.807, 2.05) is 0 Å². The minimum atomic E-state index is -4.04. The third-order valence-electron chi connectivity index (χ3n) is 1.96. The first-order valence-corrected chi connectivity index (χ1v) is 5.82. The van der Waals surface area contributed by atoms with E-state index in [2.05, 4.69) is 9.32 Å². The molecule has 88 valence electrons. The summed E-state index contributed by atoms with van der Waals surface area (Å²) in [5.41, 5.74) is 0.550. The van der Waals surface area contributed by atoms with Gasteiger partial charge in [0.1, 0.15) is 5.75 Å². The van der Waals surface area contributed by atoms with Crippen LogP contribution >= 0.6 is 0 Å². The maximum absolute atomic E-state index is 10.7. The van der Waals surface area contributed by atoms with Crippen molar-refractivity contribution in [2.24, 2.45) is 5.14 Å². The molecule has 7 heteroatoms.